The summed E-state index contributed by atoms with van der Waals surface area (Å²) in [6, 6.07) is 4.49. The molecule has 3 heteroatoms. The van der Waals surface area contributed by atoms with Gasteiger partial charge in [0.05, 0.1) is 3.79 Å². The molecular formula is C14H20BrNS. The van der Waals surface area contributed by atoms with E-state index in [1.807, 2.05) is 11.3 Å². The molecule has 1 nitrogen and oxygen atoms in total. The van der Waals surface area contributed by atoms with E-state index in [2.05, 4.69) is 40.3 Å². The molecule has 3 rings (SSSR count). The first-order valence-corrected chi connectivity index (χ1v) is 8.27. The second-order valence-corrected chi connectivity index (χ2v) is 8.37. The monoisotopic (exact) mass is 313 g/mol. The van der Waals surface area contributed by atoms with Gasteiger partial charge in [-0.05, 0) is 77.5 Å². The fourth-order valence-electron chi connectivity index (χ4n) is 3.56. The third kappa shape index (κ3) is 2.61. The topological polar surface area (TPSA) is 12.0 Å². The van der Waals surface area contributed by atoms with Gasteiger partial charge in [0.1, 0.15) is 0 Å². The normalized spacial score (nSPS) is 34.9. The van der Waals surface area contributed by atoms with Gasteiger partial charge in [0.25, 0.3) is 0 Å². The molecule has 2 saturated carbocycles. The summed E-state index contributed by atoms with van der Waals surface area (Å²) in [4.78, 5) is 1.55. The van der Waals surface area contributed by atoms with Crippen molar-refractivity contribution in [2.75, 3.05) is 13.1 Å². The Morgan fingerprint density at radius 3 is 2.76 bits per heavy atom. The molecule has 1 N–H and O–H groups in total. The van der Waals surface area contributed by atoms with E-state index in [1.165, 1.54) is 36.0 Å². The highest BCUT2D eigenvalue weighted by molar-refractivity contribution is 9.11. The highest BCUT2D eigenvalue weighted by Gasteiger charge is 2.53. The molecule has 0 aromatic carbocycles. The number of halogens is 1. The number of thiophene rings is 1. The van der Waals surface area contributed by atoms with Crippen LogP contribution in [0.15, 0.2) is 15.9 Å². The minimum absolute atomic E-state index is 0.563. The maximum Gasteiger partial charge on any atom is 0.0701 e. The highest BCUT2D eigenvalue weighted by Crippen LogP contribution is 2.60. The quantitative estimate of drug-likeness (QED) is 0.863. The first kappa shape index (κ1) is 12.2. The first-order chi connectivity index (χ1) is 8.21. The summed E-state index contributed by atoms with van der Waals surface area (Å²) in [5.74, 6) is 2.13. The van der Waals surface area contributed by atoms with Gasteiger partial charge in [-0.15, -0.1) is 11.3 Å². The van der Waals surface area contributed by atoms with Crippen molar-refractivity contribution >= 4 is 27.3 Å². The van der Waals surface area contributed by atoms with Gasteiger partial charge in [-0.1, -0.05) is 6.92 Å². The number of hydrogen-bond acceptors (Lipinski definition) is 2. The van der Waals surface area contributed by atoms with Gasteiger partial charge in [0.2, 0.25) is 0 Å². The van der Waals surface area contributed by atoms with E-state index in [-0.39, 0.29) is 0 Å². The molecule has 1 aromatic heterocycles. The van der Waals surface area contributed by atoms with Gasteiger partial charge < -0.3 is 5.32 Å². The molecule has 2 aliphatic rings. The Labute approximate surface area is 116 Å². The van der Waals surface area contributed by atoms with Crippen LogP contribution >= 0.6 is 27.3 Å². The van der Waals surface area contributed by atoms with Gasteiger partial charge >= 0.3 is 0 Å². The number of hydrogen-bond donors (Lipinski definition) is 1. The molecule has 0 amide bonds. The van der Waals surface area contributed by atoms with Crippen LogP contribution in [0.2, 0.25) is 0 Å². The minimum atomic E-state index is 0.563. The van der Waals surface area contributed by atoms with Crippen molar-refractivity contribution in [1.29, 1.82) is 0 Å². The molecule has 1 aromatic rings. The second-order valence-electron chi connectivity index (χ2n) is 5.83. The van der Waals surface area contributed by atoms with Crippen LogP contribution in [-0.2, 0) is 6.42 Å². The van der Waals surface area contributed by atoms with Crippen molar-refractivity contribution in [2.45, 2.75) is 32.6 Å². The van der Waals surface area contributed by atoms with E-state index < -0.39 is 0 Å². The summed E-state index contributed by atoms with van der Waals surface area (Å²) in [6.45, 7) is 4.53. The summed E-state index contributed by atoms with van der Waals surface area (Å²) < 4.78 is 1.27. The molecule has 94 valence electrons. The maximum atomic E-state index is 3.59. The van der Waals surface area contributed by atoms with Crippen molar-refractivity contribution in [3.8, 4) is 0 Å². The smallest absolute Gasteiger partial charge is 0.0701 e. The lowest BCUT2D eigenvalue weighted by atomic mass is 9.79. The van der Waals surface area contributed by atoms with Gasteiger partial charge in [0, 0.05) is 11.4 Å². The van der Waals surface area contributed by atoms with E-state index in [0.717, 1.165) is 18.4 Å². The zero-order valence-electron chi connectivity index (χ0n) is 10.3. The van der Waals surface area contributed by atoms with Crippen LogP contribution in [-0.4, -0.2) is 13.1 Å². The van der Waals surface area contributed by atoms with Crippen molar-refractivity contribution < 1.29 is 0 Å². The maximum absolute atomic E-state index is 3.59. The Hall–Kier alpha value is 0.140. The molecule has 2 unspecified atom stereocenters. The van der Waals surface area contributed by atoms with E-state index >= 15 is 0 Å². The Morgan fingerprint density at radius 2 is 2.18 bits per heavy atom. The Bertz CT molecular complexity index is 391. The standard InChI is InChI=1S/C14H20BrNS/c1-2-16-9-14(6-10-5-11(10)7-14)8-12-3-4-13(15)17-12/h3-4,10-11,16H,2,5-9H2,1H3. The summed E-state index contributed by atoms with van der Waals surface area (Å²) in [6.07, 6.45) is 5.71. The van der Waals surface area contributed by atoms with Crippen molar-refractivity contribution in [2.24, 2.45) is 17.3 Å². The van der Waals surface area contributed by atoms with Crippen LogP contribution in [0.25, 0.3) is 0 Å². The van der Waals surface area contributed by atoms with Crippen molar-refractivity contribution in [3.63, 3.8) is 0 Å². The third-order valence-electron chi connectivity index (χ3n) is 4.39. The summed E-state index contributed by atoms with van der Waals surface area (Å²) >= 11 is 5.49. The predicted molar refractivity (Wildman–Crippen MR) is 77.5 cm³/mol. The summed E-state index contributed by atoms with van der Waals surface area (Å²) in [5, 5.41) is 3.59. The average Bonchev–Trinajstić information content (AvgIpc) is 2.72. The van der Waals surface area contributed by atoms with Crippen LogP contribution in [0.1, 0.15) is 31.1 Å². The van der Waals surface area contributed by atoms with Crippen molar-refractivity contribution in [1.82, 2.24) is 5.32 Å². The summed E-state index contributed by atoms with van der Waals surface area (Å²) in [7, 11) is 0. The molecule has 0 bridgehead atoms. The van der Waals surface area contributed by atoms with Crippen LogP contribution in [0.3, 0.4) is 0 Å². The SMILES string of the molecule is CCNCC1(Cc2ccc(Br)s2)CC2CC2C1. The number of fused-ring (bicyclic) bond motifs is 1. The van der Waals surface area contributed by atoms with Crippen molar-refractivity contribution in [3.05, 3.63) is 20.8 Å². The molecule has 0 radical (unpaired) electrons. The third-order valence-corrected chi connectivity index (χ3v) is 6.01. The summed E-state index contributed by atoms with van der Waals surface area (Å²) in [5.41, 5.74) is 0.563. The Morgan fingerprint density at radius 1 is 1.41 bits per heavy atom. The molecule has 1 heterocycles. The van der Waals surface area contributed by atoms with Gasteiger partial charge in [-0.2, -0.15) is 0 Å². The largest absolute Gasteiger partial charge is 0.316 e. The average molecular weight is 314 g/mol. The number of rotatable bonds is 5. The van der Waals surface area contributed by atoms with E-state index in [9.17, 15) is 0 Å². The lowest BCUT2D eigenvalue weighted by Crippen LogP contribution is -2.35. The lowest BCUT2D eigenvalue weighted by Gasteiger charge is -2.31. The Kier molecular flexibility index (Phi) is 3.35. The Balaban J connectivity index is 1.70. The molecule has 2 fully saturated rings. The van der Waals surface area contributed by atoms with Gasteiger partial charge in [-0.3, -0.25) is 0 Å². The van der Waals surface area contributed by atoms with Gasteiger partial charge in [-0.25, -0.2) is 0 Å². The zero-order chi connectivity index (χ0) is 11.9. The lowest BCUT2D eigenvalue weighted by molar-refractivity contribution is 0.252. The molecule has 17 heavy (non-hydrogen) atoms. The van der Waals surface area contributed by atoms with E-state index in [0.29, 0.717) is 5.41 Å². The molecule has 2 aliphatic carbocycles. The molecule has 2 atom stereocenters. The van der Waals surface area contributed by atoms with E-state index in [1.54, 1.807) is 4.88 Å². The van der Waals surface area contributed by atoms with Crippen LogP contribution in [0.5, 0.6) is 0 Å². The predicted octanol–water partition coefficient (Wildman–Crippen LogP) is 4.08. The fraction of sp³-hybridized carbons (Fsp3) is 0.714. The highest BCUT2D eigenvalue weighted by atomic mass is 79.9. The van der Waals surface area contributed by atoms with Crippen LogP contribution in [0, 0.1) is 17.3 Å². The van der Waals surface area contributed by atoms with E-state index in [4.69, 9.17) is 0 Å². The molecule has 0 spiro atoms. The first-order valence-electron chi connectivity index (χ1n) is 6.66. The van der Waals surface area contributed by atoms with Gasteiger partial charge in [0.15, 0.2) is 0 Å². The fourth-order valence-corrected chi connectivity index (χ4v) is 5.22. The number of nitrogens with one attached hydrogen (secondary N) is 1. The molecular weight excluding hydrogens is 294 g/mol. The zero-order valence-corrected chi connectivity index (χ0v) is 12.7. The molecule has 0 saturated heterocycles. The molecule has 0 aliphatic heterocycles. The van der Waals surface area contributed by atoms with Crippen LogP contribution in [0.4, 0.5) is 0 Å². The second kappa shape index (κ2) is 4.67. The van der Waals surface area contributed by atoms with Crippen LogP contribution < -0.4 is 5.32 Å². The minimum Gasteiger partial charge on any atom is -0.316 e.